The van der Waals surface area contributed by atoms with Crippen LogP contribution in [-0.2, 0) is 9.59 Å². The van der Waals surface area contributed by atoms with Crippen LogP contribution in [-0.4, -0.2) is 36.5 Å². The highest BCUT2D eigenvalue weighted by atomic mass is 32.1. The molecule has 0 unspecified atom stereocenters. The molecule has 0 saturated carbocycles. The molecule has 0 aromatic heterocycles. The molecule has 4 N–H and O–H groups in total. The van der Waals surface area contributed by atoms with Gasteiger partial charge in [-0.3, -0.25) is 9.59 Å². The summed E-state index contributed by atoms with van der Waals surface area (Å²) in [5, 5.41) is 5.25. The van der Waals surface area contributed by atoms with Crippen molar-refractivity contribution in [2.75, 3.05) is 19.7 Å². The van der Waals surface area contributed by atoms with Crippen molar-refractivity contribution in [2.24, 2.45) is 5.73 Å². The number of rotatable bonds is 8. The van der Waals surface area contributed by atoms with Gasteiger partial charge in [0, 0.05) is 19.5 Å². The highest BCUT2D eigenvalue weighted by molar-refractivity contribution is 7.80. The van der Waals surface area contributed by atoms with Gasteiger partial charge >= 0.3 is 0 Å². The van der Waals surface area contributed by atoms with Gasteiger partial charge in [0.15, 0.2) is 6.61 Å². The average molecular weight is 309 g/mol. The molecule has 0 radical (unpaired) electrons. The summed E-state index contributed by atoms with van der Waals surface area (Å²) in [5.41, 5.74) is 6.16. The Balaban J connectivity index is 2.37. The highest BCUT2D eigenvalue weighted by Gasteiger charge is 2.08. The number of ether oxygens (including phenoxy) is 1. The van der Waals surface area contributed by atoms with Crippen LogP contribution >= 0.6 is 12.2 Å². The molecule has 0 bridgehead atoms. The predicted octanol–water partition coefficient (Wildman–Crippen LogP) is 0.342. The van der Waals surface area contributed by atoms with Crippen molar-refractivity contribution in [1.82, 2.24) is 10.6 Å². The molecule has 6 nitrogen and oxygen atoms in total. The Bertz CT molecular complexity index is 520. The SMILES string of the molecule is CCNC(=O)CCNC(=O)COc1ccccc1C(N)=S. The van der Waals surface area contributed by atoms with Crippen LogP contribution in [0.15, 0.2) is 24.3 Å². The lowest BCUT2D eigenvalue weighted by Gasteiger charge is -2.10. The average Bonchev–Trinajstić information content (AvgIpc) is 2.45. The zero-order chi connectivity index (χ0) is 15.7. The van der Waals surface area contributed by atoms with Crippen LogP contribution in [0.1, 0.15) is 18.9 Å². The Morgan fingerprint density at radius 2 is 1.95 bits per heavy atom. The molecule has 1 aromatic rings. The minimum absolute atomic E-state index is 0.0995. The Labute approximate surface area is 129 Å². The summed E-state index contributed by atoms with van der Waals surface area (Å²) < 4.78 is 5.39. The highest BCUT2D eigenvalue weighted by Crippen LogP contribution is 2.17. The Hall–Kier alpha value is -2.15. The lowest BCUT2D eigenvalue weighted by Crippen LogP contribution is -2.33. The van der Waals surface area contributed by atoms with E-state index in [1.807, 2.05) is 6.92 Å². The topological polar surface area (TPSA) is 93.5 Å². The van der Waals surface area contributed by atoms with E-state index < -0.39 is 0 Å². The fourth-order valence-corrected chi connectivity index (χ4v) is 1.76. The smallest absolute Gasteiger partial charge is 0.257 e. The molecule has 0 atom stereocenters. The van der Waals surface area contributed by atoms with E-state index in [1.165, 1.54) is 0 Å². The Morgan fingerprint density at radius 3 is 2.62 bits per heavy atom. The molecule has 0 heterocycles. The number of para-hydroxylation sites is 1. The number of benzene rings is 1. The zero-order valence-electron chi connectivity index (χ0n) is 11.8. The summed E-state index contributed by atoms with van der Waals surface area (Å²) >= 11 is 4.91. The monoisotopic (exact) mass is 309 g/mol. The van der Waals surface area contributed by atoms with Gasteiger partial charge in [-0.2, -0.15) is 0 Å². The first-order valence-corrected chi connectivity index (χ1v) is 7.00. The summed E-state index contributed by atoms with van der Waals surface area (Å²) in [6, 6.07) is 6.97. The van der Waals surface area contributed by atoms with E-state index in [4.69, 9.17) is 22.7 Å². The van der Waals surface area contributed by atoms with Gasteiger partial charge in [0.1, 0.15) is 10.7 Å². The summed E-state index contributed by atoms with van der Waals surface area (Å²) in [4.78, 5) is 23.0. The summed E-state index contributed by atoms with van der Waals surface area (Å²) in [6.45, 7) is 2.52. The maximum atomic E-state index is 11.6. The normalized spacial score (nSPS) is 9.76. The van der Waals surface area contributed by atoms with Gasteiger partial charge in [-0.25, -0.2) is 0 Å². The van der Waals surface area contributed by atoms with Crippen molar-refractivity contribution >= 4 is 29.0 Å². The minimum Gasteiger partial charge on any atom is -0.483 e. The minimum atomic E-state index is -0.308. The molecular formula is C14H19N3O3S. The van der Waals surface area contributed by atoms with Crippen LogP contribution in [0.25, 0.3) is 0 Å². The van der Waals surface area contributed by atoms with Gasteiger partial charge in [-0.15, -0.1) is 0 Å². The van der Waals surface area contributed by atoms with Gasteiger partial charge in [-0.1, -0.05) is 24.4 Å². The first-order chi connectivity index (χ1) is 10.0. The van der Waals surface area contributed by atoms with E-state index >= 15 is 0 Å². The molecular weight excluding hydrogens is 290 g/mol. The number of nitrogens with one attached hydrogen (secondary N) is 2. The van der Waals surface area contributed by atoms with Crippen molar-refractivity contribution in [3.05, 3.63) is 29.8 Å². The maximum absolute atomic E-state index is 11.6. The van der Waals surface area contributed by atoms with Gasteiger partial charge < -0.3 is 21.1 Å². The second kappa shape index (κ2) is 8.91. The molecule has 0 fully saturated rings. The molecule has 114 valence electrons. The standard InChI is InChI=1S/C14H19N3O3S/c1-2-16-12(18)7-8-17-13(19)9-20-11-6-4-3-5-10(11)14(15)21/h3-6H,2,7-9H2,1H3,(H2,15,21)(H,16,18)(H,17,19). The van der Waals surface area contributed by atoms with E-state index in [-0.39, 0.29) is 36.4 Å². The largest absolute Gasteiger partial charge is 0.483 e. The third-order valence-electron chi connectivity index (χ3n) is 2.56. The number of nitrogens with two attached hydrogens (primary N) is 1. The van der Waals surface area contributed by atoms with Crippen molar-refractivity contribution < 1.29 is 14.3 Å². The van der Waals surface area contributed by atoms with Crippen molar-refractivity contribution in [3.8, 4) is 5.75 Å². The zero-order valence-corrected chi connectivity index (χ0v) is 12.7. The van der Waals surface area contributed by atoms with Crippen LogP contribution in [0.3, 0.4) is 0 Å². The summed E-state index contributed by atoms with van der Waals surface area (Å²) in [5.74, 6) is 0.0541. The third kappa shape index (κ3) is 6.22. The van der Waals surface area contributed by atoms with E-state index in [2.05, 4.69) is 10.6 Å². The van der Waals surface area contributed by atoms with E-state index in [0.29, 0.717) is 17.9 Å². The molecule has 7 heteroatoms. The predicted molar refractivity (Wildman–Crippen MR) is 84.1 cm³/mol. The van der Waals surface area contributed by atoms with Crippen LogP contribution in [0.2, 0.25) is 0 Å². The molecule has 1 rings (SSSR count). The van der Waals surface area contributed by atoms with Gasteiger partial charge in [0.05, 0.1) is 5.56 Å². The van der Waals surface area contributed by atoms with Crippen LogP contribution in [0.5, 0.6) is 5.75 Å². The molecule has 21 heavy (non-hydrogen) atoms. The quantitative estimate of drug-likeness (QED) is 0.602. The maximum Gasteiger partial charge on any atom is 0.257 e. The van der Waals surface area contributed by atoms with Crippen LogP contribution < -0.4 is 21.1 Å². The van der Waals surface area contributed by atoms with Crippen molar-refractivity contribution in [1.29, 1.82) is 0 Å². The molecule has 1 aromatic carbocycles. The first-order valence-electron chi connectivity index (χ1n) is 6.59. The van der Waals surface area contributed by atoms with E-state index in [9.17, 15) is 9.59 Å². The lowest BCUT2D eigenvalue weighted by molar-refractivity contribution is -0.123. The van der Waals surface area contributed by atoms with Gasteiger partial charge in [-0.05, 0) is 19.1 Å². The number of thiocarbonyl (C=S) groups is 1. The van der Waals surface area contributed by atoms with Crippen LogP contribution in [0, 0.1) is 0 Å². The fraction of sp³-hybridized carbons (Fsp3) is 0.357. The lowest BCUT2D eigenvalue weighted by atomic mass is 10.2. The van der Waals surface area contributed by atoms with Gasteiger partial charge in [0.25, 0.3) is 5.91 Å². The first kappa shape index (κ1) is 16.9. The van der Waals surface area contributed by atoms with Crippen LogP contribution in [0.4, 0.5) is 0 Å². The number of amides is 2. The molecule has 0 spiro atoms. The Kier molecular flexibility index (Phi) is 7.17. The molecule has 0 saturated heterocycles. The van der Waals surface area contributed by atoms with Gasteiger partial charge in [0.2, 0.25) is 5.91 Å². The fourth-order valence-electron chi connectivity index (χ4n) is 1.59. The number of hydrogen-bond donors (Lipinski definition) is 3. The molecule has 0 aliphatic carbocycles. The van der Waals surface area contributed by atoms with E-state index in [1.54, 1.807) is 24.3 Å². The van der Waals surface area contributed by atoms with E-state index in [0.717, 1.165) is 0 Å². The summed E-state index contributed by atoms with van der Waals surface area (Å²) in [6.07, 6.45) is 0.239. The third-order valence-corrected chi connectivity index (χ3v) is 2.78. The summed E-state index contributed by atoms with van der Waals surface area (Å²) in [7, 11) is 0. The second-order valence-electron chi connectivity index (χ2n) is 4.20. The molecule has 0 aliphatic heterocycles. The number of hydrogen-bond acceptors (Lipinski definition) is 4. The molecule has 2 amide bonds. The Morgan fingerprint density at radius 1 is 1.24 bits per heavy atom. The second-order valence-corrected chi connectivity index (χ2v) is 4.64. The molecule has 0 aliphatic rings. The number of carbonyl (C=O) groups excluding carboxylic acids is 2. The van der Waals surface area contributed by atoms with Crippen molar-refractivity contribution in [2.45, 2.75) is 13.3 Å². The number of carbonyl (C=O) groups is 2. The van der Waals surface area contributed by atoms with Crippen molar-refractivity contribution in [3.63, 3.8) is 0 Å².